The van der Waals surface area contributed by atoms with Gasteiger partial charge in [-0.1, -0.05) is 49.9 Å². The van der Waals surface area contributed by atoms with Gasteiger partial charge in [-0.2, -0.15) is 15.6 Å². The molecule has 0 radical (unpaired) electrons. The second kappa shape index (κ2) is 12.5. The average Bonchev–Trinajstić information content (AvgIpc) is 3.58. The van der Waals surface area contributed by atoms with Crippen LogP contribution in [0.1, 0.15) is 80.9 Å². The number of nitriles is 2. The van der Waals surface area contributed by atoms with E-state index in [0.717, 1.165) is 47.6 Å². The van der Waals surface area contributed by atoms with E-state index in [-0.39, 0.29) is 51.8 Å². The van der Waals surface area contributed by atoms with Crippen LogP contribution in [0.2, 0.25) is 0 Å². The molecule has 3 saturated carbocycles. The molecule has 2 aromatic rings. The predicted molar refractivity (Wildman–Crippen MR) is 176 cm³/mol. The SMILES string of the molecule is CCC(=O)OC1(C(=O)SCC#N)CC[C@H]2[C@@H]3CCC4=Cc5c(cnn5-c5ccc(F)c(C(=O)SCC#N)c5)C[C@]4(C)C3[C@@H](O)C[C@@]21C. The van der Waals surface area contributed by atoms with Gasteiger partial charge < -0.3 is 9.84 Å². The molecule has 246 valence electrons. The summed E-state index contributed by atoms with van der Waals surface area (Å²) in [4.78, 5) is 39.1. The number of hydrogen-bond donors (Lipinski definition) is 1. The first-order valence-corrected chi connectivity index (χ1v) is 18.0. The Morgan fingerprint density at radius 3 is 2.64 bits per heavy atom. The van der Waals surface area contributed by atoms with Crippen molar-refractivity contribution in [3.8, 4) is 17.8 Å². The molecule has 3 fully saturated rings. The summed E-state index contributed by atoms with van der Waals surface area (Å²) in [6.07, 6.45) is 6.88. The third-order valence-electron chi connectivity index (χ3n) is 11.4. The van der Waals surface area contributed by atoms with Crippen LogP contribution in [0.5, 0.6) is 0 Å². The lowest BCUT2D eigenvalue weighted by Crippen LogP contribution is -2.62. The zero-order valence-corrected chi connectivity index (χ0v) is 28.3. The molecule has 1 aromatic heterocycles. The number of aliphatic hydroxyl groups excluding tert-OH is 1. The van der Waals surface area contributed by atoms with E-state index in [1.54, 1.807) is 23.9 Å². The number of esters is 1. The van der Waals surface area contributed by atoms with Gasteiger partial charge in [-0.05, 0) is 91.5 Å². The van der Waals surface area contributed by atoms with Crippen molar-refractivity contribution >= 4 is 45.8 Å². The fourth-order valence-corrected chi connectivity index (χ4v) is 10.7. The van der Waals surface area contributed by atoms with E-state index in [9.17, 15) is 29.1 Å². The monoisotopic (exact) mass is 676 g/mol. The minimum atomic E-state index is -1.39. The maximum absolute atomic E-state index is 14.6. The second-order valence-electron chi connectivity index (χ2n) is 13.6. The maximum Gasteiger partial charge on any atom is 0.306 e. The third kappa shape index (κ3) is 5.24. The number of fused-ring (bicyclic) bond motifs is 6. The Balaban J connectivity index is 1.33. The zero-order valence-electron chi connectivity index (χ0n) is 26.6. The van der Waals surface area contributed by atoms with Crippen LogP contribution in [-0.4, -0.2) is 54.3 Å². The van der Waals surface area contributed by atoms with Crippen molar-refractivity contribution in [2.45, 2.75) is 77.4 Å². The first kappa shape index (κ1) is 33.5. The summed E-state index contributed by atoms with van der Waals surface area (Å²) in [6.45, 7) is 5.90. The number of allylic oxidation sites excluding steroid dienone is 1. The van der Waals surface area contributed by atoms with E-state index in [2.05, 4.69) is 18.1 Å². The quantitative estimate of drug-likeness (QED) is 0.345. The smallest absolute Gasteiger partial charge is 0.306 e. The summed E-state index contributed by atoms with van der Waals surface area (Å²) in [5.74, 6) is -1.16. The van der Waals surface area contributed by atoms with Gasteiger partial charge in [-0.3, -0.25) is 14.4 Å². The van der Waals surface area contributed by atoms with Gasteiger partial charge in [0.2, 0.25) is 10.2 Å². The van der Waals surface area contributed by atoms with Gasteiger partial charge in [-0.25, -0.2) is 9.07 Å². The Labute approximate surface area is 281 Å². The molecule has 4 aliphatic carbocycles. The molecule has 1 heterocycles. The molecular weight excluding hydrogens is 640 g/mol. The van der Waals surface area contributed by atoms with E-state index in [0.29, 0.717) is 31.4 Å². The highest BCUT2D eigenvalue weighted by atomic mass is 32.2. The summed E-state index contributed by atoms with van der Waals surface area (Å²) >= 11 is 1.65. The molecule has 0 saturated heterocycles. The summed E-state index contributed by atoms with van der Waals surface area (Å²) in [7, 11) is 0. The molecule has 0 spiro atoms. The molecule has 0 amide bonds. The number of nitrogens with zero attached hydrogens (tertiary/aromatic N) is 4. The van der Waals surface area contributed by atoms with Crippen molar-refractivity contribution in [2.75, 3.05) is 11.5 Å². The third-order valence-corrected chi connectivity index (χ3v) is 13.0. The highest BCUT2D eigenvalue weighted by Crippen LogP contribution is 2.69. The van der Waals surface area contributed by atoms with Gasteiger partial charge >= 0.3 is 5.97 Å². The van der Waals surface area contributed by atoms with Crippen molar-refractivity contribution in [2.24, 2.45) is 28.6 Å². The van der Waals surface area contributed by atoms with Crippen molar-refractivity contribution in [3.63, 3.8) is 0 Å². The lowest BCUT2D eigenvalue weighted by molar-refractivity contribution is -0.196. The minimum Gasteiger partial charge on any atom is -0.449 e. The van der Waals surface area contributed by atoms with Gasteiger partial charge in [0.05, 0.1) is 52.9 Å². The predicted octanol–water partition coefficient (Wildman–Crippen LogP) is 6.04. The topological polar surface area (TPSA) is 146 Å². The van der Waals surface area contributed by atoms with E-state index >= 15 is 0 Å². The Morgan fingerprint density at radius 2 is 1.91 bits per heavy atom. The maximum atomic E-state index is 14.6. The number of carbonyl (C=O) groups excluding carboxylic acids is 3. The molecule has 1 N–H and O–H groups in total. The Kier molecular flexibility index (Phi) is 8.92. The van der Waals surface area contributed by atoms with Crippen LogP contribution in [0, 0.1) is 57.1 Å². The Morgan fingerprint density at radius 1 is 1.17 bits per heavy atom. The fourth-order valence-electron chi connectivity index (χ4n) is 9.38. The summed E-state index contributed by atoms with van der Waals surface area (Å²) in [5, 5.41) is 33.9. The van der Waals surface area contributed by atoms with E-state index in [1.165, 1.54) is 17.7 Å². The zero-order chi connectivity index (χ0) is 33.7. The molecule has 9 nitrogen and oxygen atoms in total. The molecule has 12 heteroatoms. The largest absolute Gasteiger partial charge is 0.449 e. The number of carbonyl (C=O) groups is 3. The number of aliphatic hydroxyl groups is 1. The molecule has 7 atom stereocenters. The first-order valence-electron chi connectivity index (χ1n) is 16.0. The molecule has 4 aliphatic rings. The fraction of sp³-hybridized carbons (Fsp3) is 0.543. The number of rotatable bonds is 7. The molecule has 0 aliphatic heterocycles. The number of ether oxygens (including phenoxy) is 1. The molecule has 0 bridgehead atoms. The van der Waals surface area contributed by atoms with Crippen LogP contribution < -0.4 is 0 Å². The van der Waals surface area contributed by atoms with E-state index in [1.807, 2.05) is 19.1 Å². The molecule has 1 aromatic carbocycles. The van der Waals surface area contributed by atoms with Crippen LogP contribution in [0.4, 0.5) is 4.39 Å². The molecule has 2 unspecified atom stereocenters. The van der Waals surface area contributed by atoms with Gasteiger partial charge in [-0.15, -0.1) is 0 Å². The van der Waals surface area contributed by atoms with E-state index in [4.69, 9.17) is 10.00 Å². The first-order chi connectivity index (χ1) is 22.4. The summed E-state index contributed by atoms with van der Waals surface area (Å²) in [5.41, 5.74) is 0.924. The highest BCUT2D eigenvalue weighted by molar-refractivity contribution is 8.14. The van der Waals surface area contributed by atoms with Crippen molar-refractivity contribution in [3.05, 3.63) is 52.6 Å². The molecule has 47 heavy (non-hydrogen) atoms. The lowest BCUT2D eigenvalue weighted by atomic mass is 9.45. The van der Waals surface area contributed by atoms with Gasteiger partial charge in [0, 0.05) is 11.8 Å². The van der Waals surface area contributed by atoms with Crippen molar-refractivity contribution in [1.82, 2.24) is 9.78 Å². The van der Waals surface area contributed by atoms with Gasteiger partial charge in [0.25, 0.3) is 0 Å². The minimum absolute atomic E-state index is 0.0302. The summed E-state index contributed by atoms with van der Waals surface area (Å²) in [6, 6.07) is 8.20. The highest BCUT2D eigenvalue weighted by Gasteiger charge is 2.70. The van der Waals surface area contributed by atoms with E-state index < -0.39 is 34.0 Å². The number of aromatic nitrogens is 2. The number of benzene rings is 1. The number of hydrogen-bond acceptors (Lipinski definition) is 10. The van der Waals surface area contributed by atoms with Crippen LogP contribution in [0.3, 0.4) is 0 Å². The normalized spacial score (nSPS) is 32.0. The number of halogens is 1. The van der Waals surface area contributed by atoms with Crippen LogP contribution in [-0.2, 0) is 20.7 Å². The Hall–Kier alpha value is -3.45. The van der Waals surface area contributed by atoms with Gasteiger partial charge in [0.15, 0.2) is 5.60 Å². The molecular formula is C35H37FN4O5S2. The molecule has 6 rings (SSSR count). The summed E-state index contributed by atoms with van der Waals surface area (Å²) < 4.78 is 22.4. The van der Waals surface area contributed by atoms with Gasteiger partial charge in [0.1, 0.15) is 5.82 Å². The number of thioether (sulfide) groups is 2. The van der Waals surface area contributed by atoms with Crippen LogP contribution in [0.25, 0.3) is 11.8 Å². The Bertz CT molecular complexity index is 1760. The van der Waals surface area contributed by atoms with Crippen LogP contribution >= 0.6 is 23.5 Å². The standard InChI is InChI=1S/C35H37FN4O5S2/c1-4-29(42)45-35(32(44)47-14-12-38)10-9-25-23-7-5-21-15-27-20(17-33(21,2)30(23)28(41)18-34(25,35)3)19-39-40(27)22-6-8-26(36)24(16-22)31(43)46-13-11-37/h6,8,15-16,19,23,25,28,30,41H,4-5,7,9-10,13-14,17-18H2,1-3H3/t23-,25-,28-,30?,33-,34-,35?/m0/s1. The average molecular weight is 677 g/mol. The van der Waals surface area contributed by atoms with Crippen molar-refractivity contribution < 1.29 is 28.6 Å². The van der Waals surface area contributed by atoms with Crippen LogP contribution in [0.15, 0.2) is 30.0 Å². The second-order valence-corrected chi connectivity index (χ2v) is 15.5. The van der Waals surface area contributed by atoms with Crippen molar-refractivity contribution in [1.29, 1.82) is 10.5 Å². The lowest BCUT2D eigenvalue weighted by Gasteiger charge is -2.60.